The van der Waals surface area contributed by atoms with Gasteiger partial charge in [0, 0.05) is 12.6 Å². The van der Waals surface area contributed by atoms with Crippen LogP contribution in [-0.4, -0.2) is 49.1 Å². The highest BCUT2D eigenvalue weighted by Gasteiger charge is 2.31. The first-order valence-electron chi connectivity index (χ1n) is 7.93. The van der Waals surface area contributed by atoms with Crippen molar-refractivity contribution in [2.24, 2.45) is 5.92 Å². The lowest BCUT2D eigenvalue weighted by Crippen LogP contribution is -2.55. The highest BCUT2D eigenvalue weighted by Crippen LogP contribution is 2.18. The number of hydrogen-bond acceptors (Lipinski definition) is 3. The molecule has 126 valence electrons. The van der Waals surface area contributed by atoms with Gasteiger partial charge in [-0.25, -0.2) is 0 Å². The zero-order valence-electron chi connectivity index (χ0n) is 13.3. The summed E-state index contributed by atoms with van der Waals surface area (Å²) >= 11 is 0. The van der Waals surface area contributed by atoms with Crippen LogP contribution in [0, 0.1) is 5.92 Å². The van der Waals surface area contributed by atoms with E-state index >= 15 is 0 Å². The number of nitrogens with zero attached hydrogens (tertiary/aromatic N) is 1. The summed E-state index contributed by atoms with van der Waals surface area (Å²) in [6.07, 6.45) is 6.07. The van der Waals surface area contributed by atoms with Crippen molar-refractivity contribution in [1.29, 1.82) is 0 Å². The van der Waals surface area contributed by atoms with Gasteiger partial charge in [0.2, 0.25) is 5.91 Å². The summed E-state index contributed by atoms with van der Waals surface area (Å²) in [6.45, 7) is 8.51. The van der Waals surface area contributed by atoms with Gasteiger partial charge in [-0.1, -0.05) is 20.3 Å². The third kappa shape index (κ3) is 6.31. The van der Waals surface area contributed by atoms with Gasteiger partial charge in [0.15, 0.2) is 0 Å². The summed E-state index contributed by atoms with van der Waals surface area (Å²) < 4.78 is 0. The molecule has 1 amide bonds. The second-order valence-electron chi connectivity index (χ2n) is 6.34. The molecule has 2 aliphatic rings. The third-order valence-corrected chi connectivity index (χ3v) is 4.33. The van der Waals surface area contributed by atoms with E-state index in [9.17, 15) is 4.79 Å². The molecule has 0 aliphatic carbocycles. The van der Waals surface area contributed by atoms with Crippen LogP contribution in [-0.2, 0) is 4.79 Å². The van der Waals surface area contributed by atoms with Crippen LogP contribution >= 0.6 is 24.8 Å². The van der Waals surface area contributed by atoms with Crippen molar-refractivity contribution in [1.82, 2.24) is 15.5 Å². The number of carbonyl (C=O) groups excluding carboxylic acids is 1. The highest BCUT2D eigenvalue weighted by molar-refractivity contribution is 5.85. The van der Waals surface area contributed by atoms with Crippen LogP contribution in [0.5, 0.6) is 0 Å². The number of rotatable bonds is 4. The van der Waals surface area contributed by atoms with E-state index in [1.807, 2.05) is 0 Å². The average molecular weight is 340 g/mol. The molecule has 2 heterocycles. The Morgan fingerprint density at radius 1 is 1.14 bits per heavy atom. The smallest absolute Gasteiger partial charge is 0.237 e. The van der Waals surface area contributed by atoms with Gasteiger partial charge in [-0.3, -0.25) is 9.69 Å². The first kappa shape index (κ1) is 21.0. The molecule has 4 nitrogen and oxygen atoms in total. The largest absolute Gasteiger partial charge is 0.351 e. The fourth-order valence-corrected chi connectivity index (χ4v) is 3.35. The molecule has 6 heteroatoms. The maximum Gasteiger partial charge on any atom is 0.237 e. The standard InChI is InChI=1S/C15H29N3O.2ClH/c1-12(2)14(18-9-4-3-5-10-18)15(19)17-13-7-6-8-16-11-13;;/h12-14,16H,3-11H2,1-2H3,(H,17,19);2*1H. The van der Waals surface area contributed by atoms with Crippen LogP contribution in [0.3, 0.4) is 0 Å². The second kappa shape index (κ2) is 10.7. The van der Waals surface area contributed by atoms with Crippen LogP contribution < -0.4 is 10.6 Å². The molecule has 2 rings (SSSR count). The summed E-state index contributed by atoms with van der Waals surface area (Å²) in [5, 5.41) is 6.61. The number of likely N-dealkylation sites (tertiary alicyclic amines) is 1. The lowest BCUT2D eigenvalue weighted by molar-refractivity contribution is -0.129. The lowest BCUT2D eigenvalue weighted by Gasteiger charge is -2.37. The minimum Gasteiger partial charge on any atom is -0.351 e. The van der Waals surface area contributed by atoms with E-state index in [0.717, 1.165) is 32.6 Å². The first-order valence-corrected chi connectivity index (χ1v) is 7.93. The molecule has 0 aromatic rings. The Balaban J connectivity index is 0.00000200. The number of piperidine rings is 2. The summed E-state index contributed by atoms with van der Waals surface area (Å²) in [5.41, 5.74) is 0. The van der Waals surface area contributed by atoms with E-state index < -0.39 is 0 Å². The van der Waals surface area contributed by atoms with Gasteiger partial charge < -0.3 is 10.6 Å². The highest BCUT2D eigenvalue weighted by atomic mass is 35.5. The van der Waals surface area contributed by atoms with Gasteiger partial charge in [0.25, 0.3) is 0 Å². The summed E-state index contributed by atoms with van der Waals surface area (Å²) in [7, 11) is 0. The van der Waals surface area contributed by atoms with Crippen molar-refractivity contribution in [2.45, 2.75) is 58.0 Å². The molecule has 0 aromatic carbocycles. The number of carbonyl (C=O) groups is 1. The predicted octanol–water partition coefficient (Wildman–Crippen LogP) is 2.21. The van der Waals surface area contributed by atoms with Crippen LogP contribution in [0.25, 0.3) is 0 Å². The van der Waals surface area contributed by atoms with Gasteiger partial charge >= 0.3 is 0 Å². The van der Waals surface area contributed by atoms with E-state index in [-0.39, 0.29) is 36.8 Å². The van der Waals surface area contributed by atoms with Crippen molar-refractivity contribution in [2.75, 3.05) is 26.2 Å². The Morgan fingerprint density at radius 2 is 1.81 bits per heavy atom. The zero-order chi connectivity index (χ0) is 13.7. The Bertz CT molecular complexity index is 291. The van der Waals surface area contributed by atoms with Crippen molar-refractivity contribution in [3.63, 3.8) is 0 Å². The molecule has 0 aromatic heterocycles. The molecule has 2 N–H and O–H groups in total. The fourth-order valence-electron chi connectivity index (χ4n) is 3.35. The number of nitrogens with one attached hydrogen (secondary N) is 2. The van der Waals surface area contributed by atoms with E-state index in [4.69, 9.17) is 0 Å². The van der Waals surface area contributed by atoms with Crippen LogP contribution in [0.15, 0.2) is 0 Å². The Labute approximate surface area is 141 Å². The summed E-state index contributed by atoms with van der Waals surface area (Å²) in [4.78, 5) is 15.0. The van der Waals surface area contributed by atoms with Crippen molar-refractivity contribution >= 4 is 30.7 Å². The Kier molecular flexibility index (Phi) is 10.6. The predicted molar refractivity (Wildman–Crippen MR) is 92.6 cm³/mol. The molecule has 2 aliphatic heterocycles. The van der Waals surface area contributed by atoms with E-state index in [1.54, 1.807) is 0 Å². The topological polar surface area (TPSA) is 44.4 Å². The minimum absolute atomic E-state index is 0. The average Bonchev–Trinajstić information content (AvgIpc) is 2.40. The van der Waals surface area contributed by atoms with Crippen LogP contribution in [0.1, 0.15) is 46.0 Å². The van der Waals surface area contributed by atoms with E-state index in [2.05, 4.69) is 29.4 Å². The molecule has 0 bridgehead atoms. The number of hydrogen-bond donors (Lipinski definition) is 2. The van der Waals surface area contributed by atoms with Gasteiger partial charge in [0.05, 0.1) is 6.04 Å². The van der Waals surface area contributed by atoms with Crippen molar-refractivity contribution in [3.05, 3.63) is 0 Å². The third-order valence-electron chi connectivity index (χ3n) is 4.33. The molecule has 2 fully saturated rings. The van der Waals surface area contributed by atoms with Gasteiger partial charge in [-0.2, -0.15) is 0 Å². The molecule has 2 unspecified atom stereocenters. The van der Waals surface area contributed by atoms with Gasteiger partial charge in [-0.05, 0) is 51.2 Å². The number of amides is 1. The van der Waals surface area contributed by atoms with Crippen LogP contribution in [0.2, 0.25) is 0 Å². The van der Waals surface area contributed by atoms with Gasteiger partial charge in [0.1, 0.15) is 0 Å². The normalized spacial score (nSPS) is 24.6. The monoisotopic (exact) mass is 339 g/mol. The second-order valence-corrected chi connectivity index (χ2v) is 6.34. The van der Waals surface area contributed by atoms with Crippen LogP contribution in [0.4, 0.5) is 0 Å². The van der Waals surface area contributed by atoms with Gasteiger partial charge in [-0.15, -0.1) is 24.8 Å². The van der Waals surface area contributed by atoms with Crippen molar-refractivity contribution < 1.29 is 4.79 Å². The molecule has 21 heavy (non-hydrogen) atoms. The Hall–Kier alpha value is -0.0300. The zero-order valence-corrected chi connectivity index (χ0v) is 14.9. The SMILES string of the molecule is CC(C)C(C(=O)NC1CCCNC1)N1CCCCC1.Cl.Cl. The molecule has 2 atom stereocenters. The molecule has 0 saturated carbocycles. The maximum atomic E-state index is 12.6. The molecule has 0 radical (unpaired) electrons. The van der Waals surface area contributed by atoms with Crippen molar-refractivity contribution in [3.8, 4) is 0 Å². The molecule has 0 spiro atoms. The maximum absolute atomic E-state index is 12.6. The summed E-state index contributed by atoms with van der Waals surface area (Å²) in [6, 6.07) is 0.384. The Morgan fingerprint density at radius 3 is 2.33 bits per heavy atom. The lowest BCUT2D eigenvalue weighted by atomic mass is 9.97. The number of halogens is 2. The fraction of sp³-hybridized carbons (Fsp3) is 0.933. The van der Waals surface area contributed by atoms with E-state index in [0.29, 0.717) is 12.0 Å². The minimum atomic E-state index is 0. The molecular weight excluding hydrogens is 309 g/mol. The molecular formula is C15H31Cl2N3O. The van der Waals surface area contributed by atoms with E-state index in [1.165, 1.54) is 25.7 Å². The molecule has 2 saturated heterocycles. The first-order chi connectivity index (χ1) is 9.18. The quantitative estimate of drug-likeness (QED) is 0.825. The summed E-state index contributed by atoms with van der Waals surface area (Å²) in [5.74, 6) is 0.625.